The number of hydrogen-bond donors (Lipinski definition) is 1. The first kappa shape index (κ1) is 18.6. The molecular weight excluding hydrogens is 372 g/mol. The third-order valence-corrected chi connectivity index (χ3v) is 5.08. The summed E-state index contributed by atoms with van der Waals surface area (Å²) in [4.78, 5) is 11.3. The Morgan fingerprint density at radius 1 is 1.14 bits per heavy atom. The molecule has 2 aromatic carbocycles. The number of hydrogen-bond acceptors (Lipinski definition) is 5. The summed E-state index contributed by atoms with van der Waals surface area (Å²) in [5.74, 6) is 3.28. The molecule has 5 nitrogen and oxygen atoms in total. The lowest BCUT2D eigenvalue weighted by Crippen LogP contribution is -2.20. The van der Waals surface area contributed by atoms with Gasteiger partial charge in [0.25, 0.3) is 0 Å². The number of halogens is 1. The van der Waals surface area contributed by atoms with E-state index in [1.807, 2.05) is 55.6 Å². The fraction of sp³-hybridized carbons (Fsp3) is 0.273. The quantitative estimate of drug-likeness (QED) is 0.622. The van der Waals surface area contributed by atoms with Gasteiger partial charge in [-0.3, -0.25) is 0 Å². The summed E-state index contributed by atoms with van der Waals surface area (Å²) < 4.78 is 5.96. The number of aryl methyl sites for hydroxylation is 1. The lowest BCUT2D eigenvalue weighted by molar-refractivity contribution is 0.483. The van der Waals surface area contributed by atoms with E-state index in [2.05, 4.69) is 27.2 Å². The molecular formula is C22H23ClN4O. The second kappa shape index (κ2) is 8.07. The maximum atomic E-state index is 6.05. The van der Waals surface area contributed by atoms with E-state index in [0.717, 1.165) is 53.8 Å². The molecule has 0 aliphatic carbocycles. The van der Waals surface area contributed by atoms with Crippen molar-refractivity contribution < 1.29 is 4.74 Å². The Morgan fingerprint density at radius 3 is 2.75 bits per heavy atom. The number of fused-ring (bicyclic) bond motifs is 1. The lowest BCUT2D eigenvalue weighted by Gasteiger charge is -2.22. The van der Waals surface area contributed by atoms with Gasteiger partial charge in [0, 0.05) is 42.1 Å². The van der Waals surface area contributed by atoms with Crippen LogP contribution in [0.4, 0.5) is 11.5 Å². The first-order valence-corrected chi connectivity index (χ1v) is 9.81. The van der Waals surface area contributed by atoms with Crippen molar-refractivity contribution in [2.75, 3.05) is 23.8 Å². The average molecular weight is 395 g/mol. The number of rotatable bonds is 4. The van der Waals surface area contributed by atoms with Gasteiger partial charge in [-0.2, -0.15) is 0 Å². The Bertz CT molecular complexity index is 978. The van der Waals surface area contributed by atoms with Gasteiger partial charge in [0.05, 0.1) is 6.04 Å². The van der Waals surface area contributed by atoms with E-state index in [0.29, 0.717) is 5.02 Å². The fourth-order valence-electron chi connectivity index (χ4n) is 3.48. The summed E-state index contributed by atoms with van der Waals surface area (Å²) in [6, 6.07) is 15.5. The van der Waals surface area contributed by atoms with E-state index in [1.165, 1.54) is 0 Å². The number of nitrogens with zero attached hydrogens (tertiary/aromatic N) is 3. The summed E-state index contributed by atoms with van der Waals surface area (Å²) in [7, 11) is 2.09. The van der Waals surface area contributed by atoms with Gasteiger partial charge in [0.1, 0.15) is 23.1 Å². The van der Waals surface area contributed by atoms with Crippen LogP contribution in [0.15, 0.2) is 54.7 Å². The van der Waals surface area contributed by atoms with Crippen molar-refractivity contribution in [1.82, 2.24) is 9.97 Å². The smallest absolute Gasteiger partial charge is 0.137 e. The van der Waals surface area contributed by atoms with Crippen molar-refractivity contribution in [3.8, 4) is 11.5 Å². The highest BCUT2D eigenvalue weighted by atomic mass is 35.5. The summed E-state index contributed by atoms with van der Waals surface area (Å²) in [6.07, 6.45) is 4.05. The number of ether oxygens (including phenoxy) is 1. The molecule has 1 N–H and O–H groups in total. The monoisotopic (exact) mass is 394 g/mol. The van der Waals surface area contributed by atoms with E-state index >= 15 is 0 Å². The predicted molar refractivity (Wildman–Crippen MR) is 114 cm³/mol. The van der Waals surface area contributed by atoms with Gasteiger partial charge in [-0.15, -0.1) is 0 Å². The predicted octanol–water partition coefficient (Wildman–Crippen LogP) is 5.61. The first-order valence-electron chi connectivity index (χ1n) is 9.43. The van der Waals surface area contributed by atoms with Crippen LogP contribution in [0.2, 0.25) is 5.02 Å². The molecule has 3 aromatic rings. The fourth-order valence-corrected chi connectivity index (χ4v) is 3.66. The van der Waals surface area contributed by atoms with Crippen molar-refractivity contribution >= 4 is 23.1 Å². The number of anilines is 2. The summed E-state index contributed by atoms with van der Waals surface area (Å²) in [5, 5.41) is 4.30. The molecule has 1 aliphatic rings. The summed E-state index contributed by atoms with van der Waals surface area (Å²) >= 11 is 6.05. The Balaban J connectivity index is 1.57. The van der Waals surface area contributed by atoms with Gasteiger partial charge in [0.2, 0.25) is 0 Å². The topological polar surface area (TPSA) is 50.3 Å². The molecule has 1 aromatic heterocycles. The second-order valence-corrected chi connectivity index (χ2v) is 7.48. The largest absolute Gasteiger partial charge is 0.457 e. The summed E-state index contributed by atoms with van der Waals surface area (Å²) in [6.45, 7) is 2.91. The minimum absolute atomic E-state index is 0.155. The van der Waals surface area contributed by atoms with Crippen LogP contribution in [-0.4, -0.2) is 23.6 Å². The lowest BCUT2D eigenvalue weighted by atomic mass is 10.0. The van der Waals surface area contributed by atoms with Gasteiger partial charge in [-0.05, 0) is 50.1 Å². The first-order chi connectivity index (χ1) is 13.6. The highest BCUT2D eigenvalue weighted by Gasteiger charge is 2.23. The van der Waals surface area contributed by atoms with Crippen molar-refractivity contribution in [3.63, 3.8) is 0 Å². The third-order valence-electron chi connectivity index (χ3n) is 4.85. The molecule has 0 amide bonds. The van der Waals surface area contributed by atoms with Crippen LogP contribution in [0.1, 0.15) is 30.3 Å². The molecule has 1 atom stereocenters. The average Bonchev–Trinajstić information content (AvgIpc) is 2.81. The SMILES string of the molecule is Cc1ncc2c(n1)N(C)CCCC2Nc1cccc(Oc2cccc(Cl)c2)c1. The third kappa shape index (κ3) is 4.20. The van der Waals surface area contributed by atoms with E-state index in [1.54, 1.807) is 6.07 Å². The van der Waals surface area contributed by atoms with E-state index in [9.17, 15) is 0 Å². The van der Waals surface area contributed by atoms with Gasteiger partial charge in [-0.25, -0.2) is 9.97 Å². The number of aromatic nitrogens is 2. The summed E-state index contributed by atoms with van der Waals surface area (Å²) in [5.41, 5.74) is 2.13. The molecule has 144 valence electrons. The second-order valence-electron chi connectivity index (χ2n) is 7.04. The molecule has 28 heavy (non-hydrogen) atoms. The van der Waals surface area contributed by atoms with Crippen molar-refractivity contribution in [1.29, 1.82) is 0 Å². The van der Waals surface area contributed by atoms with Crippen LogP contribution in [0.3, 0.4) is 0 Å². The normalized spacial score (nSPS) is 16.2. The minimum Gasteiger partial charge on any atom is -0.457 e. The van der Waals surface area contributed by atoms with Gasteiger partial charge in [0.15, 0.2) is 0 Å². The van der Waals surface area contributed by atoms with Crippen molar-refractivity contribution in [2.45, 2.75) is 25.8 Å². The molecule has 4 rings (SSSR count). The van der Waals surface area contributed by atoms with Gasteiger partial charge >= 0.3 is 0 Å². The molecule has 6 heteroatoms. The van der Waals surface area contributed by atoms with Gasteiger partial charge in [-0.1, -0.05) is 23.7 Å². The molecule has 0 bridgehead atoms. The minimum atomic E-state index is 0.155. The Labute approximate surface area is 170 Å². The van der Waals surface area contributed by atoms with Gasteiger partial charge < -0.3 is 15.0 Å². The van der Waals surface area contributed by atoms with Crippen LogP contribution >= 0.6 is 11.6 Å². The van der Waals surface area contributed by atoms with Crippen LogP contribution < -0.4 is 15.0 Å². The molecule has 1 unspecified atom stereocenters. The van der Waals surface area contributed by atoms with E-state index in [-0.39, 0.29) is 6.04 Å². The molecule has 1 aliphatic heterocycles. The molecule has 0 saturated carbocycles. The Kier molecular flexibility index (Phi) is 5.35. The standard InChI is InChI=1S/C22H23ClN4O/c1-15-24-14-20-21(10-5-11-27(2)22(20)25-15)26-17-7-4-9-19(13-17)28-18-8-3-6-16(23)12-18/h3-4,6-9,12-14,21,26H,5,10-11H2,1-2H3. The molecule has 0 saturated heterocycles. The van der Waals surface area contributed by atoms with Crippen LogP contribution in [-0.2, 0) is 0 Å². The number of nitrogens with one attached hydrogen (secondary N) is 1. The molecule has 0 fully saturated rings. The van der Waals surface area contributed by atoms with E-state index < -0.39 is 0 Å². The highest BCUT2D eigenvalue weighted by molar-refractivity contribution is 6.30. The molecule has 2 heterocycles. The van der Waals surface area contributed by atoms with Crippen LogP contribution in [0.5, 0.6) is 11.5 Å². The zero-order chi connectivity index (χ0) is 19.5. The zero-order valence-electron chi connectivity index (χ0n) is 16.0. The molecule has 0 spiro atoms. The molecule has 0 radical (unpaired) electrons. The maximum absolute atomic E-state index is 6.05. The van der Waals surface area contributed by atoms with Crippen LogP contribution in [0.25, 0.3) is 0 Å². The van der Waals surface area contributed by atoms with Crippen molar-refractivity contribution in [3.05, 3.63) is 71.1 Å². The number of benzene rings is 2. The maximum Gasteiger partial charge on any atom is 0.137 e. The van der Waals surface area contributed by atoms with E-state index in [4.69, 9.17) is 16.3 Å². The van der Waals surface area contributed by atoms with Crippen LogP contribution in [0, 0.1) is 6.92 Å². The Morgan fingerprint density at radius 2 is 1.93 bits per heavy atom. The van der Waals surface area contributed by atoms with Crippen molar-refractivity contribution in [2.24, 2.45) is 0 Å². The zero-order valence-corrected chi connectivity index (χ0v) is 16.8. The highest BCUT2D eigenvalue weighted by Crippen LogP contribution is 2.34. The Hall–Kier alpha value is -2.79.